The van der Waals surface area contributed by atoms with Crippen molar-refractivity contribution in [1.82, 2.24) is 10.2 Å². The molecular formula is C13H19ClN2OS. The van der Waals surface area contributed by atoms with Crippen molar-refractivity contribution in [3.05, 3.63) is 29.3 Å². The average molecular weight is 287 g/mol. The summed E-state index contributed by atoms with van der Waals surface area (Å²) in [5, 5.41) is 3.77. The zero-order valence-electron chi connectivity index (χ0n) is 10.8. The van der Waals surface area contributed by atoms with Gasteiger partial charge in [-0.05, 0) is 31.3 Å². The highest BCUT2D eigenvalue weighted by Gasteiger charge is 2.07. The Morgan fingerprint density at radius 1 is 1.39 bits per heavy atom. The van der Waals surface area contributed by atoms with E-state index in [0.717, 1.165) is 28.8 Å². The third-order valence-corrected chi connectivity index (χ3v) is 3.79. The van der Waals surface area contributed by atoms with Gasteiger partial charge in [0.05, 0.1) is 0 Å². The molecule has 5 heteroatoms. The Morgan fingerprint density at radius 2 is 2.06 bits per heavy atom. The number of likely N-dealkylation sites (N-methyl/N-ethyl adjacent to an activating group) is 2. The van der Waals surface area contributed by atoms with Gasteiger partial charge in [0.1, 0.15) is 0 Å². The zero-order chi connectivity index (χ0) is 13.4. The molecule has 1 N–H and O–H groups in total. The van der Waals surface area contributed by atoms with Crippen molar-refractivity contribution in [2.75, 3.05) is 32.9 Å². The van der Waals surface area contributed by atoms with E-state index in [9.17, 15) is 4.79 Å². The van der Waals surface area contributed by atoms with Crippen molar-refractivity contribution in [3.63, 3.8) is 0 Å². The van der Waals surface area contributed by atoms with E-state index in [-0.39, 0.29) is 5.91 Å². The average Bonchev–Trinajstić information content (AvgIpc) is 2.38. The lowest BCUT2D eigenvalue weighted by atomic mass is 10.4. The van der Waals surface area contributed by atoms with E-state index < -0.39 is 0 Å². The van der Waals surface area contributed by atoms with Crippen molar-refractivity contribution < 1.29 is 4.79 Å². The normalized spacial score (nSPS) is 10.4. The largest absolute Gasteiger partial charge is 0.344 e. The van der Waals surface area contributed by atoms with Crippen molar-refractivity contribution in [1.29, 1.82) is 0 Å². The molecule has 0 atom stereocenters. The van der Waals surface area contributed by atoms with Gasteiger partial charge < -0.3 is 10.2 Å². The number of rotatable bonds is 7. The molecule has 1 aromatic carbocycles. The number of carbonyl (C=O) groups excluding carboxylic acids is 1. The van der Waals surface area contributed by atoms with E-state index in [1.54, 1.807) is 16.7 Å². The maximum absolute atomic E-state index is 11.8. The second-order valence-electron chi connectivity index (χ2n) is 3.97. The van der Waals surface area contributed by atoms with Gasteiger partial charge in [-0.1, -0.05) is 11.6 Å². The fourth-order valence-corrected chi connectivity index (χ4v) is 2.35. The standard InChI is InChI=1S/C13H19ClN2OS/c1-15-8-9-16(2)13(17)7-10-18-12-5-3-11(14)4-6-12/h3-6,15H,7-10H2,1-2H3. The second kappa shape index (κ2) is 8.40. The summed E-state index contributed by atoms with van der Waals surface area (Å²) in [7, 11) is 3.72. The molecule has 1 aromatic rings. The van der Waals surface area contributed by atoms with Gasteiger partial charge in [-0.2, -0.15) is 0 Å². The molecule has 0 radical (unpaired) electrons. The number of hydrogen-bond acceptors (Lipinski definition) is 3. The van der Waals surface area contributed by atoms with E-state index in [1.807, 2.05) is 38.4 Å². The molecular weight excluding hydrogens is 268 g/mol. The van der Waals surface area contributed by atoms with Crippen molar-refractivity contribution in [3.8, 4) is 0 Å². The number of hydrogen-bond donors (Lipinski definition) is 1. The van der Waals surface area contributed by atoms with Gasteiger partial charge in [-0.25, -0.2) is 0 Å². The topological polar surface area (TPSA) is 32.3 Å². The molecule has 100 valence electrons. The molecule has 18 heavy (non-hydrogen) atoms. The van der Waals surface area contributed by atoms with Crippen LogP contribution in [0.2, 0.25) is 5.02 Å². The maximum Gasteiger partial charge on any atom is 0.223 e. The minimum atomic E-state index is 0.187. The molecule has 0 aliphatic carbocycles. The number of thioether (sulfide) groups is 1. The molecule has 0 bridgehead atoms. The number of nitrogens with one attached hydrogen (secondary N) is 1. The monoisotopic (exact) mass is 286 g/mol. The summed E-state index contributed by atoms with van der Waals surface area (Å²) >= 11 is 7.49. The lowest BCUT2D eigenvalue weighted by Crippen LogP contribution is -2.32. The first-order valence-electron chi connectivity index (χ1n) is 5.90. The Morgan fingerprint density at radius 3 is 2.67 bits per heavy atom. The Labute approximate surface area is 118 Å². The third-order valence-electron chi connectivity index (χ3n) is 2.52. The van der Waals surface area contributed by atoms with Crippen molar-refractivity contribution in [2.45, 2.75) is 11.3 Å². The molecule has 0 spiro atoms. The first-order valence-corrected chi connectivity index (χ1v) is 7.26. The molecule has 0 aliphatic rings. The van der Waals surface area contributed by atoms with Crippen LogP contribution in [0.3, 0.4) is 0 Å². The fourth-order valence-electron chi connectivity index (χ4n) is 1.38. The molecule has 3 nitrogen and oxygen atoms in total. The smallest absolute Gasteiger partial charge is 0.223 e. The van der Waals surface area contributed by atoms with Crippen LogP contribution in [0.25, 0.3) is 0 Å². The number of nitrogens with zero attached hydrogens (tertiary/aromatic N) is 1. The van der Waals surface area contributed by atoms with Crippen LogP contribution >= 0.6 is 23.4 Å². The van der Waals surface area contributed by atoms with Gasteiger partial charge in [-0.15, -0.1) is 11.8 Å². The Hall–Kier alpha value is -0.710. The van der Waals surface area contributed by atoms with Crippen LogP contribution in [0.1, 0.15) is 6.42 Å². The lowest BCUT2D eigenvalue weighted by molar-refractivity contribution is -0.129. The molecule has 1 amide bonds. The first kappa shape index (κ1) is 15.3. The number of benzene rings is 1. The highest BCUT2D eigenvalue weighted by Crippen LogP contribution is 2.21. The van der Waals surface area contributed by atoms with E-state index in [4.69, 9.17) is 11.6 Å². The summed E-state index contributed by atoms with van der Waals surface area (Å²) in [5.41, 5.74) is 0. The highest BCUT2D eigenvalue weighted by molar-refractivity contribution is 7.99. The zero-order valence-corrected chi connectivity index (χ0v) is 12.4. The van der Waals surface area contributed by atoms with Crippen LogP contribution in [0.5, 0.6) is 0 Å². The molecule has 1 rings (SSSR count). The quantitative estimate of drug-likeness (QED) is 0.782. The maximum atomic E-state index is 11.8. The summed E-state index contributed by atoms with van der Waals surface area (Å²) in [6.07, 6.45) is 0.563. The van der Waals surface area contributed by atoms with Gasteiger partial charge in [0.15, 0.2) is 0 Å². The van der Waals surface area contributed by atoms with Crippen LogP contribution in [-0.2, 0) is 4.79 Å². The van der Waals surface area contributed by atoms with Crippen LogP contribution in [0.4, 0.5) is 0 Å². The molecule has 0 aliphatic heterocycles. The fraction of sp³-hybridized carbons (Fsp3) is 0.462. The van der Waals surface area contributed by atoms with Crippen molar-refractivity contribution in [2.24, 2.45) is 0 Å². The summed E-state index contributed by atoms with van der Waals surface area (Å²) < 4.78 is 0. The van der Waals surface area contributed by atoms with Crippen LogP contribution in [0.15, 0.2) is 29.2 Å². The second-order valence-corrected chi connectivity index (χ2v) is 5.58. The van der Waals surface area contributed by atoms with E-state index in [1.165, 1.54) is 0 Å². The van der Waals surface area contributed by atoms with Gasteiger partial charge >= 0.3 is 0 Å². The van der Waals surface area contributed by atoms with Gasteiger partial charge in [-0.3, -0.25) is 4.79 Å². The number of carbonyl (C=O) groups is 1. The van der Waals surface area contributed by atoms with Crippen LogP contribution in [-0.4, -0.2) is 43.7 Å². The third kappa shape index (κ3) is 5.76. The van der Waals surface area contributed by atoms with Crippen LogP contribution in [0, 0.1) is 0 Å². The van der Waals surface area contributed by atoms with Crippen LogP contribution < -0.4 is 5.32 Å². The Bertz CT molecular complexity index is 370. The molecule has 0 aromatic heterocycles. The van der Waals surface area contributed by atoms with E-state index in [0.29, 0.717) is 6.42 Å². The number of amides is 1. The summed E-state index contributed by atoms with van der Waals surface area (Å²) in [5.74, 6) is 0.983. The predicted octanol–water partition coefficient (Wildman–Crippen LogP) is 2.50. The molecule has 0 unspecified atom stereocenters. The highest BCUT2D eigenvalue weighted by atomic mass is 35.5. The predicted molar refractivity (Wildman–Crippen MR) is 78.4 cm³/mol. The first-order chi connectivity index (χ1) is 8.63. The van der Waals surface area contributed by atoms with E-state index >= 15 is 0 Å². The summed E-state index contributed by atoms with van der Waals surface area (Å²) in [6, 6.07) is 7.68. The Kier molecular flexibility index (Phi) is 7.16. The minimum absolute atomic E-state index is 0.187. The Balaban J connectivity index is 2.24. The van der Waals surface area contributed by atoms with E-state index in [2.05, 4.69) is 5.32 Å². The lowest BCUT2D eigenvalue weighted by Gasteiger charge is -2.16. The van der Waals surface area contributed by atoms with Gasteiger partial charge in [0, 0.05) is 42.2 Å². The molecule has 0 fully saturated rings. The molecule has 0 heterocycles. The summed E-state index contributed by atoms with van der Waals surface area (Å²) in [4.78, 5) is 14.7. The molecule has 0 saturated carbocycles. The van der Waals surface area contributed by atoms with Crippen molar-refractivity contribution >= 4 is 29.3 Å². The molecule has 0 saturated heterocycles. The van der Waals surface area contributed by atoms with Gasteiger partial charge in [0.2, 0.25) is 5.91 Å². The summed E-state index contributed by atoms with van der Waals surface area (Å²) in [6.45, 7) is 1.58. The van der Waals surface area contributed by atoms with Gasteiger partial charge in [0.25, 0.3) is 0 Å². The SMILES string of the molecule is CNCCN(C)C(=O)CCSc1ccc(Cl)cc1. The number of halogens is 1. The minimum Gasteiger partial charge on any atom is -0.344 e.